The molecule has 2 fully saturated rings. The number of hydrogen-bond donors (Lipinski definition) is 1. The Bertz CT molecular complexity index is 1270. The van der Waals surface area contributed by atoms with Crippen LogP contribution >= 0.6 is 0 Å². The van der Waals surface area contributed by atoms with Crippen LogP contribution in [0.2, 0.25) is 0 Å². The minimum atomic E-state index is -0.452. The molecule has 34 heavy (non-hydrogen) atoms. The van der Waals surface area contributed by atoms with E-state index in [0.717, 1.165) is 44.2 Å². The fraction of sp³-hybridized carbons (Fsp3) is 0.423. The molecule has 2 heterocycles. The Morgan fingerprint density at radius 1 is 1.06 bits per heavy atom. The second-order valence-corrected chi connectivity index (χ2v) is 9.56. The molecule has 2 aromatic heterocycles. The van der Waals surface area contributed by atoms with Gasteiger partial charge in [0.1, 0.15) is 11.9 Å². The highest BCUT2D eigenvalue weighted by molar-refractivity contribution is 6.10. The Morgan fingerprint density at radius 2 is 1.76 bits per heavy atom. The lowest BCUT2D eigenvalue weighted by Gasteiger charge is -2.34. The first-order chi connectivity index (χ1) is 16.4. The molecule has 0 amide bonds. The molecule has 174 valence electrons. The fourth-order valence-corrected chi connectivity index (χ4v) is 4.81. The number of rotatable bonds is 6. The van der Waals surface area contributed by atoms with Crippen LogP contribution in [0.3, 0.4) is 0 Å². The van der Waals surface area contributed by atoms with Gasteiger partial charge in [0.05, 0.1) is 16.8 Å². The predicted octanol–water partition coefficient (Wildman–Crippen LogP) is 4.58. The Morgan fingerprint density at radius 3 is 2.38 bits per heavy atom. The number of fused-ring (bicyclic) bond motifs is 1. The van der Waals surface area contributed by atoms with E-state index in [-0.39, 0.29) is 23.6 Å². The number of anilines is 1. The third kappa shape index (κ3) is 4.36. The first-order valence-corrected chi connectivity index (χ1v) is 11.8. The van der Waals surface area contributed by atoms with Crippen LogP contribution in [-0.4, -0.2) is 51.8 Å². The highest BCUT2D eigenvalue weighted by atomic mass is 19.1. The molecule has 8 heteroatoms. The summed E-state index contributed by atoms with van der Waals surface area (Å²) >= 11 is 0. The summed E-state index contributed by atoms with van der Waals surface area (Å²) in [6, 6.07) is 5.79. The van der Waals surface area contributed by atoms with Gasteiger partial charge in [0.15, 0.2) is 5.78 Å². The van der Waals surface area contributed by atoms with Crippen LogP contribution in [0, 0.1) is 23.1 Å². The van der Waals surface area contributed by atoms with Crippen molar-refractivity contribution in [3.63, 3.8) is 0 Å². The Hall–Kier alpha value is -3.44. The molecule has 1 aromatic carbocycles. The number of Topliss-reactive ketones (excluding diaryl/α,β-unsaturated/α-hetero) is 1. The summed E-state index contributed by atoms with van der Waals surface area (Å²) in [6.07, 6.45) is 10.5. The Labute approximate surface area is 198 Å². The SMILES string of the molecule is CN(C)[C@H]1CC[C@H](Nc2c(C(=O)C3CC3)cnc3cc(F)c(-c4cnc(C#N)nc4)cc23)CC1. The van der Waals surface area contributed by atoms with E-state index in [1.807, 2.05) is 6.07 Å². The van der Waals surface area contributed by atoms with E-state index in [0.29, 0.717) is 33.6 Å². The number of ketones is 1. The molecular formula is C26H27FN6O. The lowest BCUT2D eigenvalue weighted by molar-refractivity contribution is 0.0968. The molecule has 0 aliphatic heterocycles. The second kappa shape index (κ2) is 9.07. The molecule has 0 atom stereocenters. The minimum absolute atomic E-state index is 0.0274. The van der Waals surface area contributed by atoms with Crippen molar-refractivity contribution >= 4 is 22.4 Å². The molecule has 5 rings (SSSR count). The monoisotopic (exact) mass is 458 g/mol. The van der Waals surface area contributed by atoms with Crippen molar-refractivity contribution in [1.29, 1.82) is 5.26 Å². The van der Waals surface area contributed by atoms with Gasteiger partial charge in [-0.1, -0.05) is 0 Å². The van der Waals surface area contributed by atoms with Crippen molar-refractivity contribution in [3.05, 3.63) is 47.9 Å². The fourth-order valence-electron chi connectivity index (χ4n) is 4.81. The summed E-state index contributed by atoms with van der Waals surface area (Å²) < 4.78 is 15.0. The molecule has 0 spiro atoms. The summed E-state index contributed by atoms with van der Waals surface area (Å²) in [6.45, 7) is 0. The van der Waals surface area contributed by atoms with Gasteiger partial charge in [-0.2, -0.15) is 5.26 Å². The molecule has 7 nitrogen and oxygen atoms in total. The van der Waals surface area contributed by atoms with Crippen LogP contribution in [0.25, 0.3) is 22.0 Å². The highest BCUT2D eigenvalue weighted by Gasteiger charge is 2.33. The molecule has 2 aliphatic rings. The first-order valence-electron chi connectivity index (χ1n) is 11.8. The lowest BCUT2D eigenvalue weighted by atomic mass is 9.89. The van der Waals surface area contributed by atoms with Crippen LogP contribution in [-0.2, 0) is 0 Å². The van der Waals surface area contributed by atoms with Gasteiger partial charge in [-0.15, -0.1) is 0 Å². The van der Waals surface area contributed by atoms with Crippen molar-refractivity contribution < 1.29 is 9.18 Å². The van der Waals surface area contributed by atoms with Gasteiger partial charge in [-0.05, 0) is 58.7 Å². The van der Waals surface area contributed by atoms with Gasteiger partial charge >= 0.3 is 0 Å². The van der Waals surface area contributed by atoms with Crippen molar-refractivity contribution in [2.75, 3.05) is 19.4 Å². The van der Waals surface area contributed by atoms with Crippen molar-refractivity contribution in [2.24, 2.45) is 5.92 Å². The number of carbonyl (C=O) groups is 1. The standard InChI is InChI=1S/C26H27FN6O/c1-33(2)18-7-5-17(6-8-18)32-25-20-9-19(16-12-30-24(11-28)31-13-16)22(27)10-23(20)29-14-21(25)26(34)15-3-4-15/h9-10,12-15,17-18H,3-8H2,1-2H3,(H,29,32)/t17-,18-. The zero-order chi connectivity index (χ0) is 23.8. The van der Waals surface area contributed by atoms with Gasteiger partial charge in [0.2, 0.25) is 5.82 Å². The van der Waals surface area contributed by atoms with E-state index in [4.69, 9.17) is 5.26 Å². The molecule has 0 unspecified atom stereocenters. The zero-order valence-corrected chi connectivity index (χ0v) is 19.4. The quantitative estimate of drug-likeness (QED) is 0.540. The zero-order valence-electron chi connectivity index (χ0n) is 19.4. The summed E-state index contributed by atoms with van der Waals surface area (Å²) in [7, 11) is 4.23. The van der Waals surface area contributed by atoms with Crippen LogP contribution in [0.4, 0.5) is 10.1 Å². The summed E-state index contributed by atoms with van der Waals surface area (Å²) in [5.74, 6) is -0.269. The maximum absolute atomic E-state index is 15.0. The number of aromatic nitrogens is 3. The maximum Gasteiger partial charge on any atom is 0.232 e. The number of nitrogens with zero attached hydrogens (tertiary/aromatic N) is 5. The summed E-state index contributed by atoms with van der Waals surface area (Å²) in [5, 5.41) is 13.3. The van der Waals surface area contributed by atoms with E-state index in [1.165, 1.54) is 18.5 Å². The molecular weight excluding hydrogens is 431 g/mol. The average Bonchev–Trinajstić information content (AvgIpc) is 3.69. The van der Waals surface area contributed by atoms with E-state index < -0.39 is 5.82 Å². The van der Waals surface area contributed by atoms with Crippen molar-refractivity contribution in [3.8, 4) is 17.2 Å². The van der Waals surface area contributed by atoms with E-state index in [1.54, 1.807) is 12.3 Å². The topological polar surface area (TPSA) is 94.8 Å². The Kier molecular flexibility index (Phi) is 5.96. The maximum atomic E-state index is 15.0. The minimum Gasteiger partial charge on any atom is -0.381 e. The van der Waals surface area contributed by atoms with E-state index in [2.05, 4.69) is 39.3 Å². The third-order valence-electron chi connectivity index (χ3n) is 7.01. The summed E-state index contributed by atoms with van der Waals surface area (Å²) in [4.78, 5) is 27.8. The second-order valence-electron chi connectivity index (χ2n) is 9.56. The number of pyridine rings is 1. The number of nitriles is 1. The lowest BCUT2D eigenvalue weighted by Crippen LogP contribution is -2.36. The molecule has 2 saturated carbocycles. The van der Waals surface area contributed by atoms with E-state index >= 15 is 4.39 Å². The van der Waals surface area contributed by atoms with Crippen LogP contribution < -0.4 is 5.32 Å². The number of halogens is 1. The Balaban J connectivity index is 1.57. The predicted molar refractivity (Wildman–Crippen MR) is 128 cm³/mol. The number of nitrogens with one attached hydrogen (secondary N) is 1. The molecule has 1 N–H and O–H groups in total. The summed E-state index contributed by atoms with van der Waals surface area (Å²) in [5.41, 5.74) is 2.60. The number of hydrogen-bond acceptors (Lipinski definition) is 7. The molecule has 2 aliphatic carbocycles. The first kappa shape index (κ1) is 22.4. The smallest absolute Gasteiger partial charge is 0.232 e. The molecule has 0 bridgehead atoms. The number of carbonyl (C=O) groups excluding carboxylic acids is 1. The van der Waals surface area contributed by atoms with Gasteiger partial charge in [0, 0.05) is 59.2 Å². The van der Waals surface area contributed by atoms with Crippen molar-refractivity contribution in [1.82, 2.24) is 19.9 Å². The number of benzene rings is 1. The van der Waals surface area contributed by atoms with Crippen LogP contribution in [0.15, 0.2) is 30.7 Å². The van der Waals surface area contributed by atoms with Gasteiger partial charge in [0.25, 0.3) is 0 Å². The molecule has 3 aromatic rings. The average molecular weight is 459 g/mol. The van der Waals surface area contributed by atoms with Gasteiger partial charge < -0.3 is 10.2 Å². The molecule has 0 radical (unpaired) electrons. The van der Waals surface area contributed by atoms with Crippen molar-refractivity contribution in [2.45, 2.75) is 50.6 Å². The van der Waals surface area contributed by atoms with Gasteiger partial charge in [-0.25, -0.2) is 14.4 Å². The third-order valence-corrected chi connectivity index (χ3v) is 7.01. The van der Waals surface area contributed by atoms with Crippen LogP contribution in [0.1, 0.15) is 54.7 Å². The highest BCUT2D eigenvalue weighted by Crippen LogP contribution is 2.39. The van der Waals surface area contributed by atoms with E-state index in [9.17, 15) is 4.79 Å². The largest absolute Gasteiger partial charge is 0.381 e. The van der Waals surface area contributed by atoms with Crippen LogP contribution in [0.5, 0.6) is 0 Å². The normalized spacial score (nSPS) is 20.3. The molecule has 0 saturated heterocycles. The van der Waals surface area contributed by atoms with Gasteiger partial charge in [-0.3, -0.25) is 9.78 Å².